The molecule has 0 aliphatic heterocycles. The number of anilines is 1. The first-order valence-electron chi connectivity index (χ1n) is 8.30. The lowest BCUT2D eigenvalue weighted by atomic mass is 10.1. The Balaban J connectivity index is 2.33. The quantitative estimate of drug-likeness (QED) is 0.538. The molecule has 0 saturated heterocycles. The number of nitrogens with one attached hydrogen (secondary N) is 1. The van der Waals surface area contributed by atoms with E-state index in [2.05, 4.69) is 10.1 Å². The van der Waals surface area contributed by atoms with Crippen LogP contribution in [0.5, 0.6) is 11.5 Å². The van der Waals surface area contributed by atoms with E-state index in [0.717, 1.165) is 6.08 Å². The van der Waals surface area contributed by atoms with E-state index in [1.54, 1.807) is 13.0 Å². The zero-order valence-corrected chi connectivity index (χ0v) is 15.1. The van der Waals surface area contributed by atoms with Crippen molar-refractivity contribution in [3.05, 3.63) is 59.2 Å². The number of hydrogen-bond acceptors (Lipinski definition) is 6. The molecule has 2 aromatic carbocycles. The summed E-state index contributed by atoms with van der Waals surface area (Å²) in [4.78, 5) is 23.1. The molecule has 0 bridgehead atoms. The van der Waals surface area contributed by atoms with Gasteiger partial charge in [-0.1, -0.05) is 24.3 Å². The lowest BCUT2D eigenvalue weighted by Crippen LogP contribution is -2.22. The van der Waals surface area contributed by atoms with Gasteiger partial charge in [0, 0.05) is 11.3 Å². The molecule has 1 amide bonds. The maximum Gasteiger partial charge on any atom is 0.387 e. The van der Waals surface area contributed by atoms with E-state index in [0.29, 0.717) is 0 Å². The average Bonchev–Trinajstić information content (AvgIpc) is 2.68. The molecule has 0 fully saturated rings. The molecular formula is C20H15F2N2O5-. The van der Waals surface area contributed by atoms with E-state index in [-0.39, 0.29) is 40.5 Å². The highest BCUT2D eigenvalue weighted by atomic mass is 19.3. The first kappa shape index (κ1) is 21.4. The summed E-state index contributed by atoms with van der Waals surface area (Å²) >= 11 is 0. The number of para-hydroxylation sites is 1. The normalized spacial score (nSPS) is 10.9. The minimum absolute atomic E-state index is 0.0390. The summed E-state index contributed by atoms with van der Waals surface area (Å²) in [5, 5.41) is 22.5. The van der Waals surface area contributed by atoms with Crippen LogP contribution in [0.15, 0.2) is 48.0 Å². The fourth-order valence-electron chi connectivity index (χ4n) is 2.32. The van der Waals surface area contributed by atoms with Crippen LogP contribution in [0, 0.1) is 11.3 Å². The summed E-state index contributed by atoms with van der Waals surface area (Å²) in [6.45, 7) is -1.28. The number of amides is 1. The Labute approximate surface area is 164 Å². The molecule has 0 radical (unpaired) electrons. The molecule has 0 aromatic heterocycles. The summed E-state index contributed by atoms with van der Waals surface area (Å²) in [6, 6.07) is 11.1. The number of hydrogen-bond donors (Lipinski definition) is 1. The van der Waals surface area contributed by atoms with Gasteiger partial charge in [0.2, 0.25) is 0 Å². The first-order chi connectivity index (χ1) is 13.8. The van der Waals surface area contributed by atoms with Crippen LogP contribution in [0.3, 0.4) is 0 Å². The Kier molecular flexibility index (Phi) is 7.26. The SMILES string of the molecule is CCOc1cccc(/C=C(\C#N)C(=O)Nc2ccc(C(=O)[O-])cc2)c1OC(F)F. The number of ether oxygens (including phenoxy) is 2. The molecule has 0 saturated carbocycles. The van der Waals surface area contributed by atoms with Crippen molar-refractivity contribution in [2.75, 3.05) is 11.9 Å². The van der Waals surface area contributed by atoms with Gasteiger partial charge < -0.3 is 24.7 Å². The number of carboxylic acids is 1. The number of nitrogens with zero attached hydrogens (tertiary/aromatic N) is 1. The second-order valence-electron chi connectivity index (χ2n) is 5.47. The van der Waals surface area contributed by atoms with Gasteiger partial charge in [-0.2, -0.15) is 14.0 Å². The Morgan fingerprint density at radius 2 is 1.93 bits per heavy atom. The van der Waals surface area contributed by atoms with Crippen molar-refractivity contribution in [2.24, 2.45) is 0 Å². The molecule has 9 heteroatoms. The van der Waals surface area contributed by atoms with Gasteiger partial charge in [-0.25, -0.2) is 0 Å². The summed E-state index contributed by atoms with van der Waals surface area (Å²) < 4.78 is 35.3. The number of halogens is 2. The number of aromatic carboxylic acids is 1. The van der Waals surface area contributed by atoms with E-state index >= 15 is 0 Å². The van der Waals surface area contributed by atoms with Gasteiger partial charge in [0.15, 0.2) is 11.5 Å². The Bertz CT molecular complexity index is 966. The van der Waals surface area contributed by atoms with Crippen molar-refractivity contribution in [1.82, 2.24) is 0 Å². The lowest BCUT2D eigenvalue weighted by molar-refractivity contribution is -0.255. The Morgan fingerprint density at radius 3 is 2.48 bits per heavy atom. The Hall–Kier alpha value is -3.93. The van der Waals surface area contributed by atoms with Crippen LogP contribution in [0.25, 0.3) is 6.08 Å². The topological polar surface area (TPSA) is 111 Å². The number of rotatable bonds is 8. The van der Waals surface area contributed by atoms with Crippen molar-refractivity contribution < 1.29 is 33.0 Å². The van der Waals surface area contributed by atoms with E-state index in [9.17, 15) is 28.7 Å². The zero-order chi connectivity index (χ0) is 21.4. The molecule has 0 unspecified atom stereocenters. The van der Waals surface area contributed by atoms with Gasteiger partial charge in [-0.05, 0) is 36.8 Å². The molecular weight excluding hydrogens is 386 g/mol. The lowest BCUT2D eigenvalue weighted by Gasteiger charge is -2.14. The Morgan fingerprint density at radius 1 is 1.24 bits per heavy atom. The minimum atomic E-state index is -3.13. The highest BCUT2D eigenvalue weighted by Gasteiger charge is 2.17. The number of carbonyl (C=O) groups excluding carboxylic acids is 2. The molecule has 2 rings (SSSR count). The van der Waals surface area contributed by atoms with Crippen LogP contribution in [0.2, 0.25) is 0 Å². The molecule has 2 aromatic rings. The summed E-state index contributed by atoms with van der Waals surface area (Å²) in [6.07, 6.45) is 1.09. The molecule has 0 aliphatic carbocycles. The smallest absolute Gasteiger partial charge is 0.387 e. The van der Waals surface area contributed by atoms with Crippen LogP contribution in [0.1, 0.15) is 22.8 Å². The third-order valence-corrected chi connectivity index (χ3v) is 3.56. The maximum absolute atomic E-state index is 12.8. The van der Waals surface area contributed by atoms with Gasteiger partial charge in [0.25, 0.3) is 5.91 Å². The highest BCUT2D eigenvalue weighted by molar-refractivity contribution is 6.10. The van der Waals surface area contributed by atoms with Gasteiger partial charge in [0.05, 0.1) is 12.6 Å². The molecule has 150 valence electrons. The van der Waals surface area contributed by atoms with E-state index in [1.165, 1.54) is 42.5 Å². The molecule has 0 aliphatic rings. The highest BCUT2D eigenvalue weighted by Crippen LogP contribution is 2.34. The fourth-order valence-corrected chi connectivity index (χ4v) is 2.32. The summed E-state index contributed by atoms with van der Waals surface area (Å²) in [5.41, 5.74) is -0.189. The first-order valence-corrected chi connectivity index (χ1v) is 8.30. The van der Waals surface area contributed by atoms with E-state index < -0.39 is 18.5 Å². The molecule has 1 N–H and O–H groups in total. The number of carboxylic acid groups (broad SMARTS) is 1. The number of nitriles is 1. The number of benzene rings is 2. The zero-order valence-electron chi connectivity index (χ0n) is 15.1. The van der Waals surface area contributed by atoms with E-state index in [4.69, 9.17) is 4.74 Å². The predicted molar refractivity (Wildman–Crippen MR) is 97.2 cm³/mol. The maximum atomic E-state index is 12.8. The molecule has 7 nitrogen and oxygen atoms in total. The van der Waals surface area contributed by atoms with Crippen molar-refractivity contribution in [2.45, 2.75) is 13.5 Å². The van der Waals surface area contributed by atoms with Crippen LogP contribution in [-0.2, 0) is 4.79 Å². The van der Waals surface area contributed by atoms with Crippen molar-refractivity contribution >= 4 is 23.6 Å². The van der Waals surface area contributed by atoms with Gasteiger partial charge in [0.1, 0.15) is 11.6 Å². The van der Waals surface area contributed by atoms with Gasteiger partial charge in [-0.15, -0.1) is 0 Å². The predicted octanol–water partition coefficient (Wildman–Crippen LogP) is 2.60. The summed E-state index contributed by atoms with van der Waals surface area (Å²) in [7, 11) is 0. The van der Waals surface area contributed by atoms with Crippen LogP contribution >= 0.6 is 0 Å². The van der Waals surface area contributed by atoms with Gasteiger partial charge >= 0.3 is 6.61 Å². The monoisotopic (exact) mass is 401 g/mol. The molecule has 0 heterocycles. The second-order valence-corrected chi connectivity index (χ2v) is 5.47. The van der Waals surface area contributed by atoms with Crippen molar-refractivity contribution in [3.8, 4) is 17.6 Å². The number of carbonyl (C=O) groups is 2. The van der Waals surface area contributed by atoms with E-state index in [1.807, 2.05) is 0 Å². The third-order valence-electron chi connectivity index (χ3n) is 3.56. The fraction of sp³-hybridized carbons (Fsp3) is 0.150. The van der Waals surface area contributed by atoms with Crippen molar-refractivity contribution in [1.29, 1.82) is 5.26 Å². The van der Waals surface area contributed by atoms with Crippen LogP contribution < -0.4 is 19.9 Å². The number of alkyl halides is 2. The second kappa shape index (κ2) is 9.85. The van der Waals surface area contributed by atoms with Crippen LogP contribution in [0.4, 0.5) is 14.5 Å². The standard InChI is InChI=1S/C20H16F2N2O5/c1-2-28-16-5-3-4-13(17(16)29-20(21)22)10-14(11-23)18(25)24-15-8-6-12(7-9-15)19(26)27/h3-10,20H,2H2,1H3,(H,24,25)(H,26,27)/p-1/b14-10+. The third kappa shape index (κ3) is 5.77. The molecule has 0 atom stereocenters. The minimum Gasteiger partial charge on any atom is -0.545 e. The van der Waals surface area contributed by atoms with Crippen molar-refractivity contribution in [3.63, 3.8) is 0 Å². The summed E-state index contributed by atoms with van der Waals surface area (Å²) in [5.74, 6) is -2.46. The molecule has 0 spiro atoms. The molecule has 29 heavy (non-hydrogen) atoms. The van der Waals surface area contributed by atoms with Crippen LogP contribution in [-0.4, -0.2) is 25.1 Å². The average molecular weight is 401 g/mol. The largest absolute Gasteiger partial charge is 0.545 e. The van der Waals surface area contributed by atoms with Gasteiger partial charge in [-0.3, -0.25) is 4.79 Å².